The minimum absolute atomic E-state index is 0.498. The van der Waals surface area contributed by atoms with Gasteiger partial charge in [-0.15, -0.1) is 0 Å². The standard InChI is InChI=1S/C13H26N2O/c1-15-8-6-11(7-9-15)14-12-4-3-5-13(10-12)16-2/h11-14H,3-10H2,1-2H3. The van der Waals surface area contributed by atoms with Gasteiger partial charge in [0.2, 0.25) is 0 Å². The molecule has 2 aliphatic rings. The van der Waals surface area contributed by atoms with Gasteiger partial charge in [0.05, 0.1) is 6.10 Å². The van der Waals surface area contributed by atoms with Crippen molar-refractivity contribution in [3.63, 3.8) is 0 Å². The Morgan fingerprint density at radius 3 is 2.50 bits per heavy atom. The first-order valence-electron chi connectivity index (χ1n) is 6.75. The molecular formula is C13H26N2O. The molecule has 1 heterocycles. The van der Waals surface area contributed by atoms with E-state index in [1.165, 1.54) is 51.6 Å². The van der Waals surface area contributed by atoms with Crippen molar-refractivity contribution in [2.45, 2.75) is 56.7 Å². The Kier molecular flexibility index (Phi) is 4.62. The van der Waals surface area contributed by atoms with Gasteiger partial charge in [0, 0.05) is 19.2 Å². The van der Waals surface area contributed by atoms with Crippen LogP contribution >= 0.6 is 0 Å². The van der Waals surface area contributed by atoms with Gasteiger partial charge in [-0.2, -0.15) is 0 Å². The molecule has 1 aliphatic heterocycles. The maximum Gasteiger partial charge on any atom is 0.0586 e. The van der Waals surface area contributed by atoms with Gasteiger partial charge in [0.15, 0.2) is 0 Å². The summed E-state index contributed by atoms with van der Waals surface area (Å²) < 4.78 is 5.48. The molecule has 0 aromatic rings. The van der Waals surface area contributed by atoms with E-state index < -0.39 is 0 Å². The van der Waals surface area contributed by atoms with Crippen LogP contribution in [0.1, 0.15) is 38.5 Å². The Labute approximate surface area is 99.5 Å². The number of hydrogen-bond acceptors (Lipinski definition) is 3. The van der Waals surface area contributed by atoms with Crippen LogP contribution in [0.2, 0.25) is 0 Å². The highest BCUT2D eigenvalue weighted by Crippen LogP contribution is 2.22. The van der Waals surface area contributed by atoms with Gasteiger partial charge in [0.1, 0.15) is 0 Å². The average molecular weight is 226 g/mol. The van der Waals surface area contributed by atoms with E-state index in [0.29, 0.717) is 12.1 Å². The van der Waals surface area contributed by atoms with Gasteiger partial charge in [-0.25, -0.2) is 0 Å². The lowest BCUT2D eigenvalue weighted by molar-refractivity contribution is 0.0549. The molecule has 0 radical (unpaired) electrons. The maximum absolute atomic E-state index is 5.48. The molecule has 1 saturated heterocycles. The molecule has 16 heavy (non-hydrogen) atoms. The fourth-order valence-electron chi connectivity index (χ4n) is 3.02. The van der Waals surface area contributed by atoms with E-state index in [1.54, 1.807) is 0 Å². The molecular weight excluding hydrogens is 200 g/mol. The molecule has 2 atom stereocenters. The third kappa shape index (κ3) is 3.44. The highest BCUT2D eigenvalue weighted by Gasteiger charge is 2.25. The maximum atomic E-state index is 5.48. The van der Waals surface area contributed by atoms with E-state index >= 15 is 0 Å². The normalized spacial score (nSPS) is 34.1. The first-order valence-corrected chi connectivity index (χ1v) is 6.75. The molecule has 2 unspecified atom stereocenters. The third-order valence-electron chi connectivity index (χ3n) is 4.15. The zero-order chi connectivity index (χ0) is 11.4. The zero-order valence-electron chi connectivity index (χ0n) is 10.7. The molecule has 0 bridgehead atoms. The number of likely N-dealkylation sites (tertiary alicyclic amines) is 1. The minimum atomic E-state index is 0.498. The van der Waals surface area contributed by atoms with Gasteiger partial charge < -0.3 is 15.0 Å². The zero-order valence-corrected chi connectivity index (χ0v) is 10.7. The molecule has 2 fully saturated rings. The van der Waals surface area contributed by atoms with Crippen molar-refractivity contribution >= 4 is 0 Å². The lowest BCUT2D eigenvalue weighted by Gasteiger charge is -2.35. The van der Waals surface area contributed by atoms with E-state index in [9.17, 15) is 0 Å². The highest BCUT2D eigenvalue weighted by molar-refractivity contribution is 4.84. The second-order valence-electron chi connectivity index (χ2n) is 5.47. The summed E-state index contributed by atoms with van der Waals surface area (Å²) in [5.41, 5.74) is 0. The Morgan fingerprint density at radius 1 is 1.06 bits per heavy atom. The quantitative estimate of drug-likeness (QED) is 0.791. The Balaban J connectivity index is 1.72. The van der Waals surface area contributed by atoms with Gasteiger partial charge in [-0.05, 0) is 58.7 Å². The van der Waals surface area contributed by atoms with Gasteiger partial charge in [0.25, 0.3) is 0 Å². The first kappa shape index (κ1) is 12.3. The van der Waals surface area contributed by atoms with Crippen molar-refractivity contribution in [3.8, 4) is 0 Å². The Bertz CT molecular complexity index is 202. The molecule has 1 aliphatic carbocycles. The SMILES string of the molecule is COC1CCCC(NC2CCN(C)CC2)C1. The monoisotopic (exact) mass is 226 g/mol. The molecule has 94 valence electrons. The van der Waals surface area contributed by atoms with Crippen LogP contribution in [0, 0.1) is 0 Å². The van der Waals surface area contributed by atoms with Gasteiger partial charge >= 0.3 is 0 Å². The van der Waals surface area contributed by atoms with Gasteiger partial charge in [-0.1, -0.05) is 0 Å². The average Bonchev–Trinajstić information content (AvgIpc) is 2.32. The van der Waals surface area contributed by atoms with Crippen molar-refractivity contribution in [2.24, 2.45) is 0 Å². The predicted octanol–water partition coefficient (Wildman–Crippen LogP) is 1.63. The summed E-state index contributed by atoms with van der Waals surface area (Å²) in [5.74, 6) is 0. The summed E-state index contributed by atoms with van der Waals surface area (Å²) in [5, 5.41) is 3.84. The summed E-state index contributed by atoms with van der Waals surface area (Å²) in [6, 6.07) is 1.45. The fraction of sp³-hybridized carbons (Fsp3) is 1.00. The molecule has 0 aromatic carbocycles. The minimum Gasteiger partial charge on any atom is -0.381 e. The van der Waals surface area contributed by atoms with Crippen LogP contribution in [-0.4, -0.2) is 50.3 Å². The second-order valence-corrected chi connectivity index (χ2v) is 5.47. The van der Waals surface area contributed by atoms with Crippen molar-refractivity contribution in [1.29, 1.82) is 0 Å². The molecule has 0 aromatic heterocycles. The van der Waals surface area contributed by atoms with Crippen molar-refractivity contribution < 1.29 is 4.74 Å². The Hall–Kier alpha value is -0.120. The fourth-order valence-corrected chi connectivity index (χ4v) is 3.02. The molecule has 1 N–H and O–H groups in total. The largest absolute Gasteiger partial charge is 0.381 e. The molecule has 2 rings (SSSR count). The highest BCUT2D eigenvalue weighted by atomic mass is 16.5. The summed E-state index contributed by atoms with van der Waals surface area (Å²) in [4.78, 5) is 2.43. The number of methoxy groups -OCH3 is 1. The summed E-state index contributed by atoms with van der Waals surface area (Å²) in [6.45, 7) is 2.50. The van der Waals surface area contributed by atoms with Crippen LogP contribution in [0.4, 0.5) is 0 Å². The molecule has 0 amide bonds. The lowest BCUT2D eigenvalue weighted by atomic mass is 9.91. The van der Waals surface area contributed by atoms with E-state index in [1.807, 2.05) is 7.11 Å². The number of ether oxygens (including phenoxy) is 1. The van der Waals surface area contributed by atoms with E-state index in [-0.39, 0.29) is 0 Å². The summed E-state index contributed by atoms with van der Waals surface area (Å²) in [6.07, 6.45) is 8.24. The lowest BCUT2D eigenvalue weighted by Crippen LogP contribution is -2.47. The number of hydrogen-bond donors (Lipinski definition) is 1. The smallest absolute Gasteiger partial charge is 0.0586 e. The van der Waals surface area contributed by atoms with Gasteiger partial charge in [-0.3, -0.25) is 0 Å². The van der Waals surface area contributed by atoms with Crippen LogP contribution in [0.3, 0.4) is 0 Å². The molecule has 3 heteroatoms. The van der Waals surface area contributed by atoms with Crippen LogP contribution in [0.15, 0.2) is 0 Å². The molecule has 1 saturated carbocycles. The van der Waals surface area contributed by atoms with Crippen LogP contribution in [0.25, 0.3) is 0 Å². The second kappa shape index (κ2) is 5.99. The molecule has 3 nitrogen and oxygen atoms in total. The predicted molar refractivity (Wildman–Crippen MR) is 66.7 cm³/mol. The number of nitrogens with one attached hydrogen (secondary N) is 1. The van der Waals surface area contributed by atoms with Crippen molar-refractivity contribution in [1.82, 2.24) is 10.2 Å². The summed E-state index contributed by atoms with van der Waals surface area (Å²) >= 11 is 0. The number of nitrogens with zero attached hydrogens (tertiary/aromatic N) is 1. The Morgan fingerprint density at radius 2 is 1.81 bits per heavy atom. The van der Waals surface area contributed by atoms with Crippen LogP contribution < -0.4 is 5.32 Å². The van der Waals surface area contributed by atoms with Crippen LogP contribution in [0.5, 0.6) is 0 Å². The molecule has 0 spiro atoms. The topological polar surface area (TPSA) is 24.5 Å². The number of piperidine rings is 1. The third-order valence-corrected chi connectivity index (χ3v) is 4.15. The van der Waals surface area contributed by atoms with E-state index in [4.69, 9.17) is 4.74 Å². The van der Waals surface area contributed by atoms with Crippen molar-refractivity contribution in [3.05, 3.63) is 0 Å². The van der Waals surface area contributed by atoms with E-state index in [2.05, 4.69) is 17.3 Å². The number of rotatable bonds is 3. The van der Waals surface area contributed by atoms with Crippen LogP contribution in [-0.2, 0) is 4.74 Å². The first-order chi connectivity index (χ1) is 7.78. The summed E-state index contributed by atoms with van der Waals surface area (Å²) in [7, 11) is 4.07. The van der Waals surface area contributed by atoms with E-state index in [0.717, 1.165) is 6.04 Å². The van der Waals surface area contributed by atoms with Crippen molar-refractivity contribution in [2.75, 3.05) is 27.2 Å².